The van der Waals surface area contributed by atoms with Crippen molar-refractivity contribution in [3.63, 3.8) is 0 Å². The summed E-state index contributed by atoms with van der Waals surface area (Å²) >= 11 is 0. The molecule has 5 heteroatoms. The Kier molecular flexibility index (Phi) is 2.53. The SMILES string of the molecule is CCOn1nc(-c2ccccc2)oc1=O. The zero-order chi connectivity index (χ0) is 10.7. The predicted octanol–water partition coefficient (Wildman–Crippen LogP) is 0.952. The third-order valence-corrected chi connectivity index (χ3v) is 1.79. The van der Waals surface area contributed by atoms with Gasteiger partial charge in [0.2, 0.25) is 0 Å². The molecule has 2 aromatic rings. The van der Waals surface area contributed by atoms with Gasteiger partial charge in [0, 0.05) is 5.56 Å². The second-order valence-corrected chi connectivity index (χ2v) is 2.83. The maximum Gasteiger partial charge on any atom is 0.472 e. The molecule has 15 heavy (non-hydrogen) atoms. The summed E-state index contributed by atoms with van der Waals surface area (Å²) in [7, 11) is 0. The van der Waals surface area contributed by atoms with Crippen molar-refractivity contribution in [3.8, 4) is 11.5 Å². The third-order valence-electron chi connectivity index (χ3n) is 1.79. The lowest BCUT2D eigenvalue weighted by Crippen LogP contribution is -2.23. The molecule has 2 rings (SSSR count). The van der Waals surface area contributed by atoms with E-state index in [2.05, 4.69) is 5.10 Å². The average Bonchev–Trinajstić information content (AvgIpc) is 2.63. The molecule has 0 aliphatic heterocycles. The average molecular weight is 206 g/mol. The molecule has 0 saturated heterocycles. The van der Waals surface area contributed by atoms with Crippen molar-refractivity contribution in [1.82, 2.24) is 9.94 Å². The van der Waals surface area contributed by atoms with Gasteiger partial charge in [-0.25, -0.2) is 4.79 Å². The largest absolute Gasteiger partial charge is 0.472 e. The van der Waals surface area contributed by atoms with Gasteiger partial charge in [-0.15, -0.1) is 0 Å². The maximum absolute atomic E-state index is 11.2. The van der Waals surface area contributed by atoms with Crippen LogP contribution in [0, 0.1) is 0 Å². The van der Waals surface area contributed by atoms with E-state index in [4.69, 9.17) is 9.25 Å². The van der Waals surface area contributed by atoms with Crippen LogP contribution < -0.4 is 10.6 Å². The molecule has 0 atom stereocenters. The number of hydrogen-bond acceptors (Lipinski definition) is 4. The second-order valence-electron chi connectivity index (χ2n) is 2.83. The fourth-order valence-electron chi connectivity index (χ4n) is 1.17. The number of hydrogen-bond donors (Lipinski definition) is 0. The number of benzene rings is 1. The summed E-state index contributed by atoms with van der Waals surface area (Å²) in [5.74, 6) is -0.357. The number of aromatic nitrogens is 2. The van der Waals surface area contributed by atoms with Crippen molar-refractivity contribution < 1.29 is 9.25 Å². The van der Waals surface area contributed by atoms with Gasteiger partial charge in [0.1, 0.15) is 6.61 Å². The first-order valence-electron chi connectivity index (χ1n) is 4.60. The van der Waals surface area contributed by atoms with E-state index in [-0.39, 0.29) is 5.89 Å². The minimum atomic E-state index is -0.615. The van der Waals surface area contributed by atoms with Crippen LogP contribution in [-0.2, 0) is 0 Å². The van der Waals surface area contributed by atoms with Gasteiger partial charge in [-0.05, 0) is 23.9 Å². The Morgan fingerprint density at radius 1 is 1.40 bits per heavy atom. The van der Waals surface area contributed by atoms with Crippen LogP contribution in [0.3, 0.4) is 0 Å². The Morgan fingerprint density at radius 3 is 2.80 bits per heavy atom. The summed E-state index contributed by atoms with van der Waals surface area (Å²) < 4.78 is 4.92. The first-order chi connectivity index (χ1) is 7.31. The molecule has 0 spiro atoms. The Morgan fingerprint density at radius 2 is 2.13 bits per heavy atom. The monoisotopic (exact) mass is 206 g/mol. The first-order valence-corrected chi connectivity index (χ1v) is 4.60. The standard InChI is InChI=1S/C10H10N2O3/c1-2-14-12-10(13)15-9(11-12)8-6-4-3-5-7-8/h3-7H,2H2,1H3. The smallest absolute Gasteiger partial charge is 0.391 e. The number of rotatable bonds is 3. The molecule has 78 valence electrons. The van der Waals surface area contributed by atoms with E-state index < -0.39 is 5.76 Å². The summed E-state index contributed by atoms with van der Waals surface area (Å²) in [5.41, 5.74) is 0.744. The van der Waals surface area contributed by atoms with Crippen LogP contribution in [0.15, 0.2) is 39.5 Å². The van der Waals surface area contributed by atoms with Crippen LogP contribution in [-0.4, -0.2) is 16.6 Å². The highest BCUT2D eigenvalue weighted by Crippen LogP contribution is 2.13. The molecule has 0 fully saturated rings. The molecule has 0 aliphatic carbocycles. The summed E-state index contributed by atoms with van der Waals surface area (Å²) in [6, 6.07) is 9.17. The highest BCUT2D eigenvalue weighted by molar-refractivity contribution is 5.51. The molecule has 0 unspecified atom stereocenters. The molecular formula is C10H10N2O3. The first kappa shape index (κ1) is 9.51. The molecule has 1 aromatic carbocycles. The minimum Gasteiger partial charge on any atom is -0.391 e. The fourth-order valence-corrected chi connectivity index (χ4v) is 1.17. The van der Waals surface area contributed by atoms with Gasteiger partial charge in [-0.2, -0.15) is 0 Å². The van der Waals surface area contributed by atoms with Crippen LogP contribution >= 0.6 is 0 Å². The van der Waals surface area contributed by atoms with E-state index in [1.54, 1.807) is 6.92 Å². The van der Waals surface area contributed by atoms with Crippen molar-refractivity contribution >= 4 is 0 Å². The molecule has 0 saturated carbocycles. The van der Waals surface area contributed by atoms with E-state index in [1.807, 2.05) is 30.3 Å². The lowest BCUT2D eigenvalue weighted by atomic mass is 10.2. The molecule has 1 aromatic heterocycles. The van der Waals surface area contributed by atoms with Crippen LogP contribution in [0.1, 0.15) is 6.92 Å². The minimum absolute atomic E-state index is 0.258. The quantitative estimate of drug-likeness (QED) is 0.750. The van der Waals surface area contributed by atoms with E-state index in [0.29, 0.717) is 6.61 Å². The van der Waals surface area contributed by atoms with E-state index in [0.717, 1.165) is 10.4 Å². The van der Waals surface area contributed by atoms with Gasteiger partial charge in [-0.3, -0.25) is 0 Å². The zero-order valence-electron chi connectivity index (χ0n) is 8.21. The third kappa shape index (κ3) is 1.90. The molecule has 0 amide bonds. The van der Waals surface area contributed by atoms with Crippen LogP contribution in [0.4, 0.5) is 0 Å². The van der Waals surface area contributed by atoms with Crippen LogP contribution in [0.25, 0.3) is 11.5 Å². The van der Waals surface area contributed by atoms with Crippen molar-refractivity contribution in [3.05, 3.63) is 40.9 Å². The predicted molar refractivity (Wildman–Crippen MR) is 53.3 cm³/mol. The Labute approximate surface area is 85.9 Å². The maximum atomic E-state index is 11.2. The highest BCUT2D eigenvalue weighted by Gasteiger charge is 2.09. The summed E-state index contributed by atoms with van der Waals surface area (Å²) in [4.78, 5) is 17.0. The van der Waals surface area contributed by atoms with Gasteiger partial charge in [0.25, 0.3) is 5.89 Å². The lowest BCUT2D eigenvalue weighted by molar-refractivity contribution is 0.0784. The molecular weight excluding hydrogens is 196 g/mol. The normalized spacial score (nSPS) is 10.2. The molecule has 1 heterocycles. The fraction of sp³-hybridized carbons (Fsp3) is 0.200. The highest BCUT2D eigenvalue weighted by atomic mass is 16.7. The van der Waals surface area contributed by atoms with Crippen molar-refractivity contribution in [2.45, 2.75) is 6.92 Å². The van der Waals surface area contributed by atoms with Crippen molar-refractivity contribution in [2.24, 2.45) is 0 Å². The van der Waals surface area contributed by atoms with E-state index >= 15 is 0 Å². The van der Waals surface area contributed by atoms with Gasteiger partial charge < -0.3 is 9.25 Å². The van der Waals surface area contributed by atoms with Crippen LogP contribution in [0.5, 0.6) is 0 Å². The van der Waals surface area contributed by atoms with E-state index in [1.165, 1.54) is 0 Å². The summed E-state index contributed by atoms with van der Waals surface area (Å²) in [6.45, 7) is 2.13. The lowest BCUT2D eigenvalue weighted by Gasteiger charge is -1.95. The van der Waals surface area contributed by atoms with Crippen LogP contribution in [0.2, 0.25) is 0 Å². The Balaban J connectivity index is 2.39. The molecule has 0 radical (unpaired) electrons. The van der Waals surface area contributed by atoms with Gasteiger partial charge in [0.15, 0.2) is 0 Å². The topological polar surface area (TPSA) is 57.3 Å². The molecule has 5 nitrogen and oxygen atoms in total. The van der Waals surface area contributed by atoms with E-state index in [9.17, 15) is 4.79 Å². The Bertz CT molecular complexity index is 487. The van der Waals surface area contributed by atoms with Gasteiger partial charge in [0.05, 0.1) is 0 Å². The molecule has 0 aliphatic rings. The van der Waals surface area contributed by atoms with Gasteiger partial charge in [-0.1, -0.05) is 23.3 Å². The Hall–Kier alpha value is -2.04. The molecule has 0 bridgehead atoms. The summed E-state index contributed by atoms with van der Waals surface area (Å²) in [6.07, 6.45) is 0. The van der Waals surface area contributed by atoms with Crippen molar-refractivity contribution in [2.75, 3.05) is 6.61 Å². The zero-order valence-corrected chi connectivity index (χ0v) is 8.21. The number of nitrogens with zero attached hydrogens (tertiary/aromatic N) is 2. The van der Waals surface area contributed by atoms with Gasteiger partial charge >= 0.3 is 5.76 Å². The molecule has 0 N–H and O–H groups in total. The van der Waals surface area contributed by atoms with Crippen molar-refractivity contribution in [1.29, 1.82) is 0 Å². The second kappa shape index (κ2) is 4.00. The summed E-state index contributed by atoms with van der Waals surface area (Å²) in [5, 5.41) is 3.89.